The Balaban J connectivity index is 3.09. The minimum Gasteiger partial charge on any atom is -0.398 e. The zero-order valence-electron chi connectivity index (χ0n) is 19.2. The first-order chi connectivity index (χ1) is 12.2. The largest absolute Gasteiger partial charge is 0.398 e. The number of nitrogens with zero attached hydrogens (tertiary/aromatic N) is 1. The zero-order chi connectivity index (χ0) is 20.0. The van der Waals surface area contributed by atoms with Crippen molar-refractivity contribution in [3.63, 3.8) is 0 Å². The standard InChI is InChI=1S/C21H47NO2Si2/c1-18(2)26(19(3)4,20(5)6)22(21-14-11-10-12-15-21)16-13-17-25(9,23-7)24-8/h18-21H,10-17H2,1-9H3. The van der Waals surface area contributed by atoms with E-state index in [4.69, 9.17) is 8.85 Å². The molecule has 1 aliphatic rings. The molecule has 0 aromatic heterocycles. The van der Waals surface area contributed by atoms with Gasteiger partial charge in [-0.15, -0.1) is 0 Å². The van der Waals surface area contributed by atoms with Gasteiger partial charge in [0.25, 0.3) is 0 Å². The normalized spacial score (nSPS) is 17.9. The summed E-state index contributed by atoms with van der Waals surface area (Å²) in [6, 6.07) is 1.91. The number of hydrogen-bond donors (Lipinski definition) is 0. The maximum atomic E-state index is 5.75. The van der Waals surface area contributed by atoms with Crippen LogP contribution in [0.4, 0.5) is 0 Å². The zero-order valence-corrected chi connectivity index (χ0v) is 21.2. The fraction of sp³-hybridized carbons (Fsp3) is 1.00. The molecular formula is C21H47NO2Si2. The van der Waals surface area contributed by atoms with Gasteiger partial charge in [0.2, 0.25) is 0 Å². The second kappa shape index (κ2) is 10.7. The van der Waals surface area contributed by atoms with Crippen LogP contribution in [0.3, 0.4) is 0 Å². The summed E-state index contributed by atoms with van der Waals surface area (Å²) in [6.07, 6.45) is 8.30. The molecule has 0 radical (unpaired) electrons. The van der Waals surface area contributed by atoms with E-state index in [1.807, 2.05) is 14.2 Å². The summed E-state index contributed by atoms with van der Waals surface area (Å²) in [5, 5.41) is 0. The lowest BCUT2D eigenvalue weighted by Gasteiger charge is -2.55. The van der Waals surface area contributed by atoms with E-state index in [1.54, 1.807) is 0 Å². The number of rotatable bonds is 11. The molecule has 0 amide bonds. The van der Waals surface area contributed by atoms with E-state index in [0.717, 1.165) is 28.7 Å². The lowest BCUT2D eigenvalue weighted by molar-refractivity contribution is 0.223. The molecule has 0 bridgehead atoms. The molecule has 156 valence electrons. The van der Waals surface area contributed by atoms with Gasteiger partial charge in [0, 0.05) is 20.3 Å². The topological polar surface area (TPSA) is 21.7 Å². The predicted octanol–water partition coefficient (Wildman–Crippen LogP) is 6.55. The van der Waals surface area contributed by atoms with Crippen molar-refractivity contribution >= 4 is 16.8 Å². The van der Waals surface area contributed by atoms with Crippen molar-refractivity contribution in [2.75, 3.05) is 20.8 Å². The Morgan fingerprint density at radius 2 is 1.31 bits per heavy atom. The van der Waals surface area contributed by atoms with E-state index in [1.165, 1.54) is 45.1 Å². The fourth-order valence-electron chi connectivity index (χ4n) is 5.94. The number of hydrogen-bond acceptors (Lipinski definition) is 3. The van der Waals surface area contributed by atoms with Crippen molar-refractivity contribution in [3.8, 4) is 0 Å². The minimum atomic E-state index is -1.97. The maximum Gasteiger partial charge on any atom is 0.334 e. The Morgan fingerprint density at radius 3 is 1.69 bits per heavy atom. The average molecular weight is 402 g/mol. The van der Waals surface area contributed by atoms with Crippen LogP contribution in [0.1, 0.15) is 80.1 Å². The second-order valence-corrected chi connectivity index (χ2v) is 18.9. The van der Waals surface area contributed by atoms with Crippen molar-refractivity contribution in [1.82, 2.24) is 4.57 Å². The SMILES string of the molecule is CO[Si](C)(CCCN(C1CCCCC1)[Si](C(C)C)(C(C)C)C(C)C)OC. The quantitative estimate of drug-likeness (QED) is 0.366. The molecule has 1 saturated carbocycles. The van der Waals surface area contributed by atoms with Crippen molar-refractivity contribution in [2.24, 2.45) is 0 Å². The maximum absolute atomic E-state index is 5.75. The highest BCUT2D eigenvalue weighted by Crippen LogP contribution is 2.46. The third kappa shape index (κ3) is 5.43. The van der Waals surface area contributed by atoms with E-state index in [0.29, 0.717) is 0 Å². The van der Waals surface area contributed by atoms with Crippen LogP contribution in [0, 0.1) is 0 Å². The first kappa shape index (κ1) is 24.4. The van der Waals surface area contributed by atoms with Crippen molar-refractivity contribution in [2.45, 2.75) is 115 Å². The van der Waals surface area contributed by atoms with Gasteiger partial charge in [-0.25, -0.2) is 0 Å². The van der Waals surface area contributed by atoms with Crippen LogP contribution in [0.2, 0.25) is 29.2 Å². The Hall–Kier alpha value is 0.314. The van der Waals surface area contributed by atoms with E-state index >= 15 is 0 Å². The first-order valence-corrected chi connectivity index (χ1v) is 15.7. The molecule has 1 fully saturated rings. The van der Waals surface area contributed by atoms with Gasteiger partial charge in [-0.05, 0) is 55.0 Å². The monoisotopic (exact) mass is 401 g/mol. The van der Waals surface area contributed by atoms with Crippen LogP contribution in [-0.2, 0) is 8.85 Å². The van der Waals surface area contributed by atoms with Crippen LogP contribution >= 0.6 is 0 Å². The van der Waals surface area contributed by atoms with Crippen LogP contribution in [-0.4, -0.2) is 48.2 Å². The van der Waals surface area contributed by atoms with Crippen molar-refractivity contribution in [1.29, 1.82) is 0 Å². The average Bonchev–Trinajstić information content (AvgIpc) is 2.60. The van der Waals surface area contributed by atoms with Gasteiger partial charge in [-0.1, -0.05) is 60.8 Å². The Morgan fingerprint density at radius 1 is 0.846 bits per heavy atom. The van der Waals surface area contributed by atoms with Gasteiger partial charge in [-0.3, -0.25) is 0 Å². The van der Waals surface area contributed by atoms with Gasteiger partial charge in [0.05, 0.1) is 0 Å². The molecule has 26 heavy (non-hydrogen) atoms. The molecule has 0 aromatic carbocycles. The Labute approximate surface area is 166 Å². The van der Waals surface area contributed by atoms with Gasteiger partial charge < -0.3 is 13.4 Å². The molecule has 1 rings (SSSR count). The van der Waals surface area contributed by atoms with E-state index in [9.17, 15) is 0 Å². The molecule has 0 saturated heterocycles. The highest BCUT2D eigenvalue weighted by atomic mass is 28.4. The third-order valence-corrected chi connectivity index (χ3v) is 17.3. The summed E-state index contributed by atoms with van der Waals surface area (Å²) in [6.45, 7) is 18.5. The molecule has 0 unspecified atom stereocenters. The molecule has 5 heteroatoms. The second-order valence-electron chi connectivity index (χ2n) is 9.48. The summed E-state index contributed by atoms with van der Waals surface area (Å²) in [5.41, 5.74) is 2.37. The smallest absolute Gasteiger partial charge is 0.334 e. The molecule has 1 aliphatic carbocycles. The lowest BCUT2D eigenvalue weighted by atomic mass is 9.95. The van der Waals surface area contributed by atoms with Gasteiger partial charge >= 0.3 is 8.56 Å². The Kier molecular flexibility index (Phi) is 10.1. The molecular weight excluding hydrogens is 354 g/mol. The third-order valence-electron chi connectivity index (χ3n) is 7.18. The van der Waals surface area contributed by atoms with Crippen LogP contribution in [0.15, 0.2) is 0 Å². The molecule has 0 spiro atoms. The van der Waals surface area contributed by atoms with E-state index in [-0.39, 0.29) is 0 Å². The van der Waals surface area contributed by atoms with Crippen LogP contribution in [0.5, 0.6) is 0 Å². The molecule has 0 aromatic rings. The molecule has 0 heterocycles. The highest BCUT2D eigenvalue weighted by Gasteiger charge is 2.50. The summed E-state index contributed by atoms with van der Waals surface area (Å²) < 4.78 is 14.6. The van der Waals surface area contributed by atoms with Crippen LogP contribution in [0.25, 0.3) is 0 Å². The summed E-state index contributed by atoms with van der Waals surface area (Å²) in [7, 11) is 0.0873. The predicted molar refractivity (Wildman–Crippen MR) is 120 cm³/mol. The van der Waals surface area contributed by atoms with E-state index < -0.39 is 16.8 Å². The molecule has 3 nitrogen and oxygen atoms in total. The van der Waals surface area contributed by atoms with Crippen molar-refractivity contribution < 1.29 is 8.85 Å². The first-order valence-electron chi connectivity index (χ1n) is 11.0. The summed E-state index contributed by atoms with van der Waals surface area (Å²) in [4.78, 5) is 0. The highest BCUT2D eigenvalue weighted by molar-refractivity contribution is 6.81. The summed E-state index contributed by atoms with van der Waals surface area (Å²) in [5.74, 6) is 0. The van der Waals surface area contributed by atoms with Gasteiger partial charge in [0.15, 0.2) is 0 Å². The van der Waals surface area contributed by atoms with E-state index in [2.05, 4.69) is 52.7 Å². The molecule has 0 aliphatic heterocycles. The summed E-state index contributed by atoms with van der Waals surface area (Å²) >= 11 is 0. The van der Waals surface area contributed by atoms with Gasteiger partial charge in [0.1, 0.15) is 8.24 Å². The Bertz CT molecular complexity index is 370. The minimum absolute atomic E-state index is 0.790. The molecule has 0 atom stereocenters. The fourth-order valence-corrected chi connectivity index (χ4v) is 14.7. The lowest BCUT2D eigenvalue weighted by Crippen LogP contribution is -2.64. The van der Waals surface area contributed by atoms with Crippen LogP contribution < -0.4 is 0 Å². The molecule has 0 N–H and O–H groups in total. The van der Waals surface area contributed by atoms with Gasteiger partial charge in [-0.2, -0.15) is 0 Å². The van der Waals surface area contributed by atoms with Crippen molar-refractivity contribution in [3.05, 3.63) is 0 Å².